The summed E-state index contributed by atoms with van der Waals surface area (Å²) in [7, 11) is 0. The molecular weight excluding hydrogens is 234 g/mol. The Morgan fingerprint density at radius 1 is 1.37 bits per heavy atom. The van der Waals surface area contributed by atoms with Crippen molar-refractivity contribution in [2.75, 3.05) is 26.2 Å². The molecule has 2 rings (SSSR count). The van der Waals surface area contributed by atoms with E-state index in [1.165, 1.54) is 17.6 Å². The average molecular weight is 259 g/mol. The predicted molar refractivity (Wildman–Crippen MR) is 81.0 cm³/mol. The van der Waals surface area contributed by atoms with Crippen molar-refractivity contribution in [3.8, 4) is 0 Å². The molecule has 1 fully saturated rings. The van der Waals surface area contributed by atoms with Crippen LogP contribution in [0.3, 0.4) is 0 Å². The van der Waals surface area contributed by atoms with E-state index in [0.29, 0.717) is 6.61 Å². The first-order valence-corrected chi connectivity index (χ1v) is 7.17. The Morgan fingerprint density at radius 3 is 2.79 bits per heavy atom. The van der Waals surface area contributed by atoms with Gasteiger partial charge in [-0.25, -0.2) is 0 Å². The molecule has 0 bridgehead atoms. The molecule has 1 N–H and O–H groups in total. The van der Waals surface area contributed by atoms with Crippen LogP contribution in [0.2, 0.25) is 0 Å². The van der Waals surface area contributed by atoms with Crippen LogP contribution in [0.1, 0.15) is 32.3 Å². The summed E-state index contributed by atoms with van der Waals surface area (Å²) in [6.07, 6.45) is 4.59. The van der Waals surface area contributed by atoms with Crippen LogP contribution in [0.5, 0.6) is 0 Å². The van der Waals surface area contributed by atoms with Crippen LogP contribution in [-0.2, 0) is 0 Å². The van der Waals surface area contributed by atoms with Gasteiger partial charge in [0.05, 0.1) is 0 Å². The first-order valence-electron chi connectivity index (χ1n) is 7.17. The van der Waals surface area contributed by atoms with Gasteiger partial charge in [0.2, 0.25) is 0 Å². The minimum absolute atomic E-state index is 0.0886. The molecule has 1 heterocycles. The number of rotatable bonds is 4. The molecule has 0 aromatic heterocycles. The maximum Gasteiger partial charge on any atom is 0.0497 e. The van der Waals surface area contributed by atoms with Gasteiger partial charge in [0.25, 0.3) is 0 Å². The topological polar surface area (TPSA) is 23.5 Å². The van der Waals surface area contributed by atoms with Crippen LogP contribution < -0.4 is 0 Å². The van der Waals surface area contributed by atoms with E-state index in [2.05, 4.69) is 49.1 Å². The summed E-state index contributed by atoms with van der Waals surface area (Å²) >= 11 is 0. The van der Waals surface area contributed by atoms with Crippen molar-refractivity contribution in [2.24, 2.45) is 5.41 Å². The van der Waals surface area contributed by atoms with Crippen molar-refractivity contribution in [3.05, 3.63) is 41.5 Å². The number of hydrogen-bond acceptors (Lipinski definition) is 2. The standard InChI is InChI=1S/C17H25NO/c1-15(11-16-7-4-3-5-8-16)12-18-10-6-9-17(2,13-18)14-19/h3-5,7-8,11,19H,6,9-10,12-14H2,1-2H3/b15-11-. The number of benzene rings is 1. The van der Waals surface area contributed by atoms with Crippen LogP contribution in [-0.4, -0.2) is 36.2 Å². The Morgan fingerprint density at radius 2 is 2.11 bits per heavy atom. The SMILES string of the molecule is C/C(=C/c1ccccc1)CN1CCCC(C)(CO)C1. The largest absolute Gasteiger partial charge is 0.396 e. The summed E-state index contributed by atoms with van der Waals surface area (Å²) in [5.41, 5.74) is 2.74. The van der Waals surface area contributed by atoms with Gasteiger partial charge in [-0.05, 0) is 31.9 Å². The Kier molecular flexibility index (Phi) is 4.78. The number of likely N-dealkylation sites (tertiary alicyclic amines) is 1. The number of nitrogens with zero attached hydrogens (tertiary/aromatic N) is 1. The summed E-state index contributed by atoms with van der Waals surface area (Å²) in [6.45, 7) is 7.84. The van der Waals surface area contributed by atoms with E-state index in [1.54, 1.807) is 0 Å². The molecule has 0 radical (unpaired) electrons. The molecule has 0 spiro atoms. The zero-order valence-electron chi connectivity index (χ0n) is 12.1. The van der Waals surface area contributed by atoms with Gasteiger partial charge in [0.1, 0.15) is 0 Å². The molecule has 104 valence electrons. The molecule has 2 nitrogen and oxygen atoms in total. The summed E-state index contributed by atoms with van der Waals surface area (Å²) in [6, 6.07) is 10.5. The predicted octanol–water partition coefficient (Wildman–Crippen LogP) is 3.18. The summed E-state index contributed by atoms with van der Waals surface area (Å²) in [5, 5.41) is 9.50. The average Bonchev–Trinajstić information content (AvgIpc) is 2.40. The van der Waals surface area contributed by atoms with Crippen molar-refractivity contribution in [1.29, 1.82) is 0 Å². The maximum atomic E-state index is 9.50. The lowest BCUT2D eigenvalue weighted by Crippen LogP contribution is -2.44. The fraction of sp³-hybridized carbons (Fsp3) is 0.529. The first-order chi connectivity index (χ1) is 9.11. The van der Waals surface area contributed by atoms with Crippen molar-refractivity contribution in [3.63, 3.8) is 0 Å². The van der Waals surface area contributed by atoms with E-state index in [4.69, 9.17) is 0 Å². The van der Waals surface area contributed by atoms with Crippen molar-refractivity contribution >= 4 is 6.08 Å². The van der Waals surface area contributed by atoms with Crippen molar-refractivity contribution in [1.82, 2.24) is 4.90 Å². The Labute approximate surface area is 116 Å². The Balaban J connectivity index is 1.95. The van der Waals surface area contributed by atoms with Gasteiger partial charge in [-0.15, -0.1) is 0 Å². The van der Waals surface area contributed by atoms with Gasteiger partial charge >= 0.3 is 0 Å². The minimum atomic E-state index is 0.0886. The second kappa shape index (κ2) is 6.36. The van der Waals surface area contributed by atoms with Gasteiger partial charge in [0.15, 0.2) is 0 Å². The lowest BCUT2D eigenvalue weighted by Gasteiger charge is -2.39. The lowest BCUT2D eigenvalue weighted by atomic mass is 9.82. The molecule has 1 unspecified atom stereocenters. The molecule has 1 aliphatic rings. The van der Waals surface area contributed by atoms with E-state index in [0.717, 1.165) is 26.1 Å². The van der Waals surface area contributed by atoms with E-state index in [9.17, 15) is 5.11 Å². The third-order valence-corrected chi connectivity index (χ3v) is 3.93. The molecule has 0 aliphatic carbocycles. The number of piperidine rings is 1. The molecule has 19 heavy (non-hydrogen) atoms. The zero-order chi connectivity index (χ0) is 13.7. The second-order valence-electron chi connectivity index (χ2n) is 6.18. The maximum absolute atomic E-state index is 9.50. The van der Waals surface area contributed by atoms with Gasteiger partial charge in [-0.1, -0.05) is 48.9 Å². The molecule has 2 heteroatoms. The highest BCUT2D eigenvalue weighted by molar-refractivity contribution is 5.52. The molecule has 1 aromatic rings. The molecule has 1 aromatic carbocycles. The minimum Gasteiger partial charge on any atom is -0.396 e. The normalized spacial score (nSPS) is 25.5. The fourth-order valence-corrected chi connectivity index (χ4v) is 2.92. The Bertz CT molecular complexity index is 426. The summed E-state index contributed by atoms with van der Waals surface area (Å²) in [5.74, 6) is 0. The van der Waals surface area contributed by atoms with Crippen molar-refractivity contribution in [2.45, 2.75) is 26.7 Å². The van der Waals surface area contributed by atoms with Crippen LogP contribution in [0.15, 0.2) is 35.9 Å². The third-order valence-electron chi connectivity index (χ3n) is 3.93. The number of hydrogen-bond donors (Lipinski definition) is 1. The van der Waals surface area contributed by atoms with Gasteiger partial charge in [-0.2, -0.15) is 0 Å². The molecular formula is C17H25NO. The third kappa shape index (κ3) is 4.19. The monoisotopic (exact) mass is 259 g/mol. The van der Waals surface area contributed by atoms with E-state index >= 15 is 0 Å². The van der Waals surface area contributed by atoms with E-state index in [1.807, 2.05) is 6.07 Å². The van der Waals surface area contributed by atoms with Crippen LogP contribution >= 0.6 is 0 Å². The van der Waals surface area contributed by atoms with Crippen LogP contribution in [0, 0.1) is 5.41 Å². The van der Waals surface area contributed by atoms with Gasteiger partial charge in [-0.3, -0.25) is 4.90 Å². The highest BCUT2D eigenvalue weighted by atomic mass is 16.3. The number of aliphatic hydroxyl groups is 1. The van der Waals surface area contributed by atoms with Crippen molar-refractivity contribution < 1.29 is 5.11 Å². The molecule has 0 saturated carbocycles. The highest BCUT2D eigenvalue weighted by Gasteiger charge is 2.29. The second-order valence-corrected chi connectivity index (χ2v) is 6.18. The molecule has 1 aliphatic heterocycles. The lowest BCUT2D eigenvalue weighted by molar-refractivity contribution is 0.0512. The summed E-state index contributed by atoms with van der Waals surface area (Å²) in [4.78, 5) is 2.47. The van der Waals surface area contributed by atoms with Crippen LogP contribution in [0.25, 0.3) is 6.08 Å². The highest BCUT2D eigenvalue weighted by Crippen LogP contribution is 2.29. The molecule has 1 saturated heterocycles. The Hall–Kier alpha value is -1.12. The number of aliphatic hydroxyl groups excluding tert-OH is 1. The van der Waals surface area contributed by atoms with E-state index in [-0.39, 0.29) is 5.41 Å². The van der Waals surface area contributed by atoms with Gasteiger partial charge in [0, 0.05) is 25.1 Å². The summed E-state index contributed by atoms with van der Waals surface area (Å²) < 4.78 is 0. The first kappa shape index (κ1) is 14.3. The molecule has 1 atom stereocenters. The van der Waals surface area contributed by atoms with Crippen LogP contribution in [0.4, 0.5) is 0 Å². The van der Waals surface area contributed by atoms with Gasteiger partial charge < -0.3 is 5.11 Å². The zero-order valence-corrected chi connectivity index (χ0v) is 12.1. The quantitative estimate of drug-likeness (QED) is 0.897. The van der Waals surface area contributed by atoms with E-state index < -0.39 is 0 Å². The smallest absolute Gasteiger partial charge is 0.0497 e. The molecule has 0 amide bonds. The fourth-order valence-electron chi connectivity index (χ4n) is 2.92.